The van der Waals surface area contributed by atoms with Crippen LogP contribution in [0.4, 0.5) is 10.1 Å². The molecule has 10 heteroatoms. The smallest absolute Gasteiger partial charge is 0.265 e. The highest BCUT2D eigenvalue weighted by Crippen LogP contribution is 2.31. The number of ether oxygens (including phenoxy) is 3. The quantitative estimate of drug-likeness (QED) is 0.661. The SMILES string of the molecule is COc1ccc(F)cc1S(=O)(=O)Nc1cnn(CC2COc3ccccc3O2)c1. The van der Waals surface area contributed by atoms with Gasteiger partial charge in [-0.25, -0.2) is 12.8 Å². The molecule has 1 aliphatic heterocycles. The number of methoxy groups -OCH3 is 1. The van der Waals surface area contributed by atoms with Crippen molar-refractivity contribution in [1.82, 2.24) is 9.78 Å². The molecule has 0 saturated heterocycles. The van der Waals surface area contributed by atoms with Crippen LogP contribution < -0.4 is 18.9 Å². The van der Waals surface area contributed by atoms with Crippen LogP contribution in [-0.4, -0.2) is 38.0 Å². The number of anilines is 1. The molecule has 4 rings (SSSR count). The van der Waals surface area contributed by atoms with Crippen molar-refractivity contribution >= 4 is 15.7 Å². The number of fused-ring (bicyclic) bond motifs is 1. The van der Waals surface area contributed by atoms with E-state index in [0.717, 1.165) is 12.1 Å². The summed E-state index contributed by atoms with van der Waals surface area (Å²) in [5, 5.41) is 4.15. The molecule has 0 amide bonds. The minimum Gasteiger partial charge on any atom is -0.495 e. The Bertz CT molecular complexity index is 1130. The molecule has 0 spiro atoms. The largest absolute Gasteiger partial charge is 0.495 e. The van der Waals surface area contributed by atoms with Gasteiger partial charge in [-0.3, -0.25) is 9.40 Å². The van der Waals surface area contributed by atoms with Gasteiger partial charge in [0.05, 0.1) is 25.5 Å². The van der Waals surface area contributed by atoms with Crippen molar-refractivity contribution in [3.8, 4) is 17.2 Å². The Morgan fingerprint density at radius 1 is 1.28 bits per heavy atom. The van der Waals surface area contributed by atoms with E-state index >= 15 is 0 Å². The van der Waals surface area contributed by atoms with E-state index < -0.39 is 15.8 Å². The fourth-order valence-electron chi connectivity index (χ4n) is 2.95. The first-order chi connectivity index (χ1) is 13.9. The molecule has 1 aliphatic rings. The number of rotatable bonds is 6. The molecule has 29 heavy (non-hydrogen) atoms. The van der Waals surface area contributed by atoms with E-state index in [1.54, 1.807) is 4.68 Å². The molecular formula is C19H18FN3O5S. The third-order valence-electron chi connectivity index (χ3n) is 4.26. The van der Waals surface area contributed by atoms with Gasteiger partial charge in [0.25, 0.3) is 10.0 Å². The average Bonchev–Trinajstić information content (AvgIpc) is 3.14. The molecule has 2 aromatic carbocycles. The Balaban J connectivity index is 1.47. The number of nitrogens with one attached hydrogen (secondary N) is 1. The van der Waals surface area contributed by atoms with E-state index in [1.165, 1.54) is 25.6 Å². The van der Waals surface area contributed by atoms with Gasteiger partial charge in [-0.05, 0) is 30.3 Å². The van der Waals surface area contributed by atoms with Crippen LogP contribution in [0.3, 0.4) is 0 Å². The Morgan fingerprint density at radius 2 is 2.07 bits per heavy atom. The monoisotopic (exact) mass is 419 g/mol. The lowest BCUT2D eigenvalue weighted by atomic mass is 10.2. The lowest BCUT2D eigenvalue weighted by Gasteiger charge is -2.26. The molecule has 0 radical (unpaired) electrons. The zero-order chi connectivity index (χ0) is 20.4. The minimum atomic E-state index is -4.06. The number of aromatic nitrogens is 2. The van der Waals surface area contributed by atoms with Crippen molar-refractivity contribution in [3.05, 3.63) is 60.7 Å². The molecule has 2 heterocycles. The maximum Gasteiger partial charge on any atom is 0.265 e. The first kappa shape index (κ1) is 19.1. The van der Waals surface area contributed by atoms with Gasteiger partial charge in [0.1, 0.15) is 23.1 Å². The summed E-state index contributed by atoms with van der Waals surface area (Å²) in [7, 11) is -2.75. The minimum absolute atomic E-state index is 0.0395. The van der Waals surface area contributed by atoms with Gasteiger partial charge in [0.2, 0.25) is 0 Å². The molecule has 0 fully saturated rings. The topological polar surface area (TPSA) is 91.7 Å². The summed E-state index contributed by atoms with van der Waals surface area (Å²) in [5.74, 6) is 0.686. The lowest BCUT2D eigenvalue weighted by Crippen LogP contribution is -2.33. The Hall–Kier alpha value is -3.27. The third kappa shape index (κ3) is 4.11. The van der Waals surface area contributed by atoms with E-state index in [9.17, 15) is 12.8 Å². The van der Waals surface area contributed by atoms with Gasteiger partial charge in [-0.1, -0.05) is 12.1 Å². The van der Waals surface area contributed by atoms with E-state index in [2.05, 4.69) is 9.82 Å². The van der Waals surface area contributed by atoms with Crippen LogP contribution in [0.2, 0.25) is 0 Å². The second-order valence-corrected chi connectivity index (χ2v) is 8.00. The zero-order valence-corrected chi connectivity index (χ0v) is 16.2. The van der Waals surface area contributed by atoms with Crippen molar-refractivity contribution in [2.75, 3.05) is 18.4 Å². The van der Waals surface area contributed by atoms with Crippen LogP contribution in [0.25, 0.3) is 0 Å². The van der Waals surface area contributed by atoms with Gasteiger partial charge in [0, 0.05) is 6.20 Å². The van der Waals surface area contributed by atoms with Crippen molar-refractivity contribution in [2.45, 2.75) is 17.5 Å². The summed E-state index contributed by atoms with van der Waals surface area (Å²) >= 11 is 0. The van der Waals surface area contributed by atoms with Crippen LogP contribution in [0, 0.1) is 5.82 Å². The second kappa shape index (κ2) is 7.63. The molecule has 3 aromatic rings. The molecule has 0 aliphatic carbocycles. The highest BCUT2D eigenvalue weighted by Gasteiger charge is 2.23. The van der Waals surface area contributed by atoms with Crippen molar-refractivity contribution < 1.29 is 27.0 Å². The first-order valence-electron chi connectivity index (χ1n) is 8.72. The number of para-hydroxylation sites is 2. The van der Waals surface area contributed by atoms with Gasteiger partial charge in [0.15, 0.2) is 17.6 Å². The summed E-state index contributed by atoms with van der Waals surface area (Å²) in [6, 6.07) is 10.6. The Labute approximate surface area is 166 Å². The molecule has 8 nitrogen and oxygen atoms in total. The highest BCUT2D eigenvalue weighted by atomic mass is 32.2. The molecule has 1 atom stereocenters. The fraction of sp³-hybridized carbons (Fsp3) is 0.211. The highest BCUT2D eigenvalue weighted by molar-refractivity contribution is 7.92. The summed E-state index contributed by atoms with van der Waals surface area (Å²) < 4.78 is 59.3. The number of hydrogen-bond donors (Lipinski definition) is 1. The maximum atomic E-state index is 13.5. The second-order valence-electron chi connectivity index (χ2n) is 6.35. The van der Waals surface area contributed by atoms with Gasteiger partial charge >= 0.3 is 0 Å². The van der Waals surface area contributed by atoms with Crippen molar-refractivity contribution in [1.29, 1.82) is 0 Å². The molecule has 1 unspecified atom stereocenters. The van der Waals surface area contributed by atoms with Gasteiger partial charge in [-0.2, -0.15) is 5.10 Å². The zero-order valence-electron chi connectivity index (χ0n) is 15.4. The average molecular weight is 419 g/mol. The predicted molar refractivity (Wildman–Crippen MR) is 102 cm³/mol. The van der Waals surface area contributed by atoms with Crippen LogP contribution in [0.1, 0.15) is 0 Å². The van der Waals surface area contributed by atoms with Crippen molar-refractivity contribution in [3.63, 3.8) is 0 Å². The van der Waals surface area contributed by atoms with Crippen LogP contribution in [0.5, 0.6) is 17.2 Å². The van der Waals surface area contributed by atoms with Gasteiger partial charge < -0.3 is 14.2 Å². The summed E-state index contributed by atoms with van der Waals surface area (Å²) in [6.45, 7) is 0.706. The summed E-state index contributed by atoms with van der Waals surface area (Å²) in [4.78, 5) is -0.298. The van der Waals surface area contributed by atoms with Crippen molar-refractivity contribution in [2.24, 2.45) is 0 Å². The van der Waals surface area contributed by atoms with Gasteiger partial charge in [-0.15, -0.1) is 0 Å². The Kier molecular flexibility index (Phi) is 5.01. The maximum absolute atomic E-state index is 13.5. The van der Waals surface area contributed by atoms with E-state index in [1.807, 2.05) is 24.3 Å². The number of sulfonamides is 1. The number of benzene rings is 2. The van der Waals surface area contributed by atoms with E-state index in [0.29, 0.717) is 24.7 Å². The van der Waals surface area contributed by atoms with Crippen LogP contribution in [-0.2, 0) is 16.6 Å². The normalized spacial score (nSPS) is 15.7. The molecule has 0 bridgehead atoms. The molecule has 152 valence electrons. The predicted octanol–water partition coefficient (Wildman–Crippen LogP) is 2.67. The molecule has 0 saturated carbocycles. The number of hydrogen-bond acceptors (Lipinski definition) is 6. The summed E-state index contributed by atoms with van der Waals surface area (Å²) in [5.41, 5.74) is 0.230. The number of nitrogens with zero attached hydrogens (tertiary/aromatic N) is 2. The molecule has 1 N–H and O–H groups in total. The lowest BCUT2D eigenvalue weighted by molar-refractivity contribution is 0.0759. The van der Waals surface area contributed by atoms with E-state index in [-0.39, 0.29) is 22.4 Å². The van der Waals surface area contributed by atoms with Crippen LogP contribution in [0.15, 0.2) is 59.8 Å². The molecule has 1 aromatic heterocycles. The van der Waals surface area contributed by atoms with E-state index in [4.69, 9.17) is 14.2 Å². The third-order valence-corrected chi connectivity index (χ3v) is 5.66. The molecular weight excluding hydrogens is 401 g/mol. The number of halogens is 1. The standard InChI is InChI=1S/C19H18FN3O5S/c1-26-18-7-6-13(20)8-19(18)29(24,25)22-14-9-21-23(10-14)11-15-12-27-16-4-2-3-5-17(16)28-15/h2-10,15,22H,11-12H2,1H3. The van der Waals surface area contributed by atoms with Crippen LogP contribution >= 0.6 is 0 Å². The fourth-order valence-corrected chi connectivity index (χ4v) is 4.16. The summed E-state index contributed by atoms with van der Waals surface area (Å²) in [6.07, 6.45) is 2.60. The first-order valence-corrected chi connectivity index (χ1v) is 10.2. The Morgan fingerprint density at radius 3 is 2.86 bits per heavy atom.